The van der Waals surface area contributed by atoms with Crippen LogP contribution < -0.4 is 0 Å². The van der Waals surface area contributed by atoms with Gasteiger partial charge in [0.2, 0.25) is 0 Å². The van der Waals surface area contributed by atoms with Gasteiger partial charge in [0, 0.05) is 5.56 Å². The van der Waals surface area contributed by atoms with Gasteiger partial charge in [-0.3, -0.25) is 0 Å². The van der Waals surface area contributed by atoms with Crippen molar-refractivity contribution in [2.24, 2.45) is 0 Å². The summed E-state index contributed by atoms with van der Waals surface area (Å²) in [5.74, 6) is -0.827. The Labute approximate surface area is 91.6 Å². The standard InChI is InChI=1S/C10H8FNO3S/c11-9-2-1-3-10(4-9)16(13,14)7-8-5-12-15-6-8/h1-6H,7H2. The van der Waals surface area contributed by atoms with E-state index in [-0.39, 0.29) is 10.6 Å². The molecule has 0 N–H and O–H groups in total. The number of benzene rings is 1. The molecule has 0 fully saturated rings. The lowest BCUT2D eigenvalue weighted by molar-refractivity contribution is 0.419. The first-order valence-electron chi connectivity index (χ1n) is 4.44. The summed E-state index contributed by atoms with van der Waals surface area (Å²) in [7, 11) is -3.55. The van der Waals surface area contributed by atoms with Gasteiger partial charge < -0.3 is 4.52 Å². The molecule has 0 aliphatic heterocycles. The third kappa shape index (κ3) is 2.27. The van der Waals surface area contributed by atoms with Gasteiger partial charge in [0.25, 0.3) is 0 Å². The molecular weight excluding hydrogens is 233 g/mol. The summed E-state index contributed by atoms with van der Waals surface area (Å²) in [4.78, 5) is -0.0475. The highest BCUT2D eigenvalue weighted by atomic mass is 32.2. The van der Waals surface area contributed by atoms with E-state index < -0.39 is 15.7 Å². The number of hydrogen-bond donors (Lipinski definition) is 0. The summed E-state index contributed by atoms with van der Waals surface area (Å²) in [5, 5.41) is 3.40. The van der Waals surface area contributed by atoms with Crippen LogP contribution in [0.2, 0.25) is 0 Å². The maximum atomic E-state index is 12.9. The largest absolute Gasteiger partial charge is 0.364 e. The number of nitrogens with zero attached hydrogens (tertiary/aromatic N) is 1. The van der Waals surface area contributed by atoms with Crippen molar-refractivity contribution < 1.29 is 17.3 Å². The fourth-order valence-electron chi connectivity index (χ4n) is 1.26. The van der Waals surface area contributed by atoms with Crippen molar-refractivity contribution in [1.29, 1.82) is 0 Å². The Bertz CT molecular complexity index is 578. The van der Waals surface area contributed by atoms with Gasteiger partial charge in [-0.25, -0.2) is 12.8 Å². The zero-order chi connectivity index (χ0) is 11.6. The van der Waals surface area contributed by atoms with E-state index in [4.69, 9.17) is 0 Å². The average Bonchev–Trinajstić information content (AvgIpc) is 2.70. The van der Waals surface area contributed by atoms with Gasteiger partial charge in [-0.05, 0) is 18.2 Å². The number of halogens is 1. The summed E-state index contributed by atoms with van der Waals surface area (Å²) >= 11 is 0. The first-order chi connectivity index (χ1) is 7.58. The lowest BCUT2D eigenvalue weighted by Gasteiger charge is -2.01. The van der Waals surface area contributed by atoms with E-state index in [2.05, 4.69) is 9.68 Å². The number of aromatic nitrogens is 1. The molecule has 1 aromatic heterocycles. The predicted octanol–water partition coefficient (Wildman–Crippen LogP) is 1.79. The first-order valence-corrected chi connectivity index (χ1v) is 6.10. The van der Waals surface area contributed by atoms with E-state index in [1.165, 1.54) is 30.7 Å². The molecule has 0 bridgehead atoms. The summed E-state index contributed by atoms with van der Waals surface area (Å²) in [6.07, 6.45) is 2.56. The lowest BCUT2D eigenvalue weighted by Crippen LogP contribution is -2.04. The molecule has 4 nitrogen and oxygen atoms in total. The molecule has 6 heteroatoms. The Morgan fingerprint density at radius 3 is 2.81 bits per heavy atom. The smallest absolute Gasteiger partial charge is 0.182 e. The molecule has 2 aromatic rings. The molecule has 0 saturated carbocycles. The molecule has 16 heavy (non-hydrogen) atoms. The van der Waals surface area contributed by atoms with Crippen LogP contribution in [0.4, 0.5) is 4.39 Å². The molecule has 0 unspecified atom stereocenters. The minimum absolute atomic E-state index is 0.0475. The van der Waals surface area contributed by atoms with Crippen molar-refractivity contribution in [2.75, 3.05) is 0 Å². The summed E-state index contributed by atoms with van der Waals surface area (Å²) in [5.41, 5.74) is 0.435. The van der Waals surface area contributed by atoms with Gasteiger partial charge >= 0.3 is 0 Å². The molecule has 0 saturated heterocycles. The third-order valence-electron chi connectivity index (χ3n) is 2.00. The van der Waals surface area contributed by atoms with Crippen LogP contribution in [-0.4, -0.2) is 13.6 Å². The van der Waals surface area contributed by atoms with E-state index >= 15 is 0 Å². The van der Waals surface area contributed by atoms with Gasteiger partial charge in [-0.15, -0.1) is 0 Å². The van der Waals surface area contributed by atoms with Crippen molar-refractivity contribution >= 4 is 9.84 Å². The molecule has 0 aliphatic rings. The van der Waals surface area contributed by atoms with Crippen LogP contribution in [0, 0.1) is 5.82 Å². The highest BCUT2D eigenvalue weighted by Crippen LogP contribution is 2.16. The Hall–Kier alpha value is -1.69. The Morgan fingerprint density at radius 2 is 2.19 bits per heavy atom. The zero-order valence-electron chi connectivity index (χ0n) is 8.13. The molecule has 0 spiro atoms. The lowest BCUT2D eigenvalue weighted by atomic mass is 10.3. The quantitative estimate of drug-likeness (QED) is 0.821. The van der Waals surface area contributed by atoms with Gasteiger partial charge in [-0.2, -0.15) is 0 Å². The highest BCUT2D eigenvalue weighted by molar-refractivity contribution is 7.90. The molecule has 0 aliphatic carbocycles. The molecule has 0 amide bonds. The van der Waals surface area contributed by atoms with E-state index in [1.54, 1.807) is 0 Å². The molecule has 84 valence electrons. The normalized spacial score (nSPS) is 11.6. The van der Waals surface area contributed by atoms with Gasteiger partial charge in [0.1, 0.15) is 12.1 Å². The van der Waals surface area contributed by atoms with Gasteiger partial charge in [0.15, 0.2) is 9.84 Å². The van der Waals surface area contributed by atoms with Crippen LogP contribution in [0.1, 0.15) is 5.56 Å². The maximum absolute atomic E-state index is 12.9. The monoisotopic (exact) mass is 241 g/mol. The van der Waals surface area contributed by atoms with Crippen molar-refractivity contribution in [3.8, 4) is 0 Å². The van der Waals surface area contributed by atoms with E-state index in [1.807, 2.05) is 0 Å². The Balaban J connectivity index is 2.33. The highest BCUT2D eigenvalue weighted by Gasteiger charge is 2.16. The van der Waals surface area contributed by atoms with Crippen LogP contribution in [0.15, 0.2) is 46.1 Å². The second kappa shape index (κ2) is 4.05. The number of sulfone groups is 1. The SMILES string of the molecule is O=S(=O)(Cc1cnoc1)c1cccc(F)c1. The second-order valence-electron chi connectivity index (χ2n) is 3.25. The summed E-state index contributed by atoms with van der Waals surface area (Å²) in [6.45, 7) is 0. The van der Waals surface area contributed by atoms with Crippen LogP contribution in [0.25, 0.3) is 0 Å². The second-order valence-corrected chi connectivity index (χ2v) is 5.24. The minimum Gasteiger partial charge on any atom is -0.364 e. The van der Waals surface area contributed by atoms with Crippen LogP contribution in [0.5, 0.6) is 0 Å². The molecule has 1 aromatic carbocycles. The summed E-state index contributed by atoms with van der Waals surface area (Å²) < 4.78 is 41.0. The first kappa shape index (κ1) is 10.8. The fourth-order valence-corrected chi connectivity index (χ4v) is 2.59. The number of hydrogen-bond acceptors (Lipinski definition) is 4. The third-order valence-corrected chi connectivity index (χ3v) is 3.68. The van der Waals surface area contributed by atoms with E-state index in [0.717, 1.165) is 6.07 Å². The van der Waals surface area contributed by atoms with Crippen molar-refractivity contribution in [2.45, 2.75) is 10.6 Å². The van der Waals surface area contributed by atoms with Crippen molar-refractivity contribution in [3.63, 3.8) is 0 Å². The van der Waals surface area contributed by atoms with Crippen molar-refractivity contribution in [3.05, 3.63) is 48.1 Å². The Morgan fingerprint density at radius 1 is 1.38 bits per heavy atom. The van der Waals surface area contributed by atoms with Crippen molar-refractivity contribution in [1.82, 2.24) is 5.16 Å². The molecule has 0 radical (unpaired) electrons. The Kier molecular flexibility index (Phi) is 2.74. The summed E-state index contributed by atoms with van der Waals surface area (Å²) in [6, 6.07) is 4.89. The van der Waals surface area contributed by atoms with Gasteiger partial charge in [-0.1, -0.05) is 11.2 Å². The zero-order valence-corrected chi connectivity index (χ0v) is 8.95. The maximum Gasteiger partial charge on any atom is 0.182 e. The molecule has 0 atom stereocenters. The van der Waals surface area contributed by atoms with E-state index in [0.29, 0.717) is 5.56 Å². The number of rotatable bonds is 3. The molecule has 2 rings (SSSR count). The van der Waals surface area contributed by atoms with Crippen LogP contribution >= 0.6 is 0 Å². The average molecular weight is 241 g/mol. The fraction of sp³-hybridized carbons (Fsp3) is 0.100. The predicted molar refractivity (Wildman–Crippen MR) is 53.8 cm³/mol. The molecule has 1 heterocycles. The van der Waals surface area contributed by atoms with Gasteiger partial charge in [0.05, 0.1) is 16.8 Å². The van der Waals surface area contributed by atoms with E-state index in [9.17, 15) is 12.8 Å². The topological polar surface area (TPSA) is 60.2 Å². The van der Waals surface area contributed by atoms with Crippen LogP contribution in [0.3, 0.4) is 0 Å². The molecular formula is C10H8FNO3S. The van der Waals surface area contributed by atoms with Crippen LogP contribution in [-0.2, 0) is 15.6 Å². The minimum atomic E-state index is -3.55.